The van der Waals surface area contributed by atoms with Crippen molar-refractivity contribution in [2.45, 2.75) is 58.0 Å². The third-order valence-corrected chi connectivity index (χ3v) is 4.02. The summed E-state index contributed by atoms with van der Waals surface area (Å²) in [5.74, 6) is -0.0109. The van der Waals surface area contributed by atoms with E-state index in [1.165, 1.54) is 25.7 Å². The van der Waals surface area contributed by atoms with Crippen LogP contribution in [-0.2, 0) is 6.42 Å². The van der Waals surface area contributed by atoms with Gasteiger partial charge in [0.05, 0.1) is 6.10 Å². The number of rotatable bonds is 7. The van der Waals surface area contributed by atoms with Crippen molar-refractivity contribution >= 4 is 5.91 Å². The van der Waals surface area contributed by atoms with Gasteiger partial charge in [0.1, 0.15) is 0 Å². The van der Waals surface area contributed by atoms with Crippen LogP contribution in [0.1, 0.15) is 73.0 Å². The van der Waals surface area contributed by atoms with Gasteiger partial charge in [-0.15, -0.1) is 0 Å². The predicted molar refractivity (Wildman–Crippen MR) is 80.8 cm³/mol. The Morgan fingerprint density at radius 1 is 1.25 bits per heavy atom. The average molecular weight is 275 g/mol. The molecule has 1 heterocycles. The van der Waals surface area contributed by atoms with Gasteiger partial charge in [0.25, 0.3) is 5.91 Å². The van der Waals surface area contributed by atoms with E-state index < -0.39 is 6.10 Å². The van der Waals surface area contributed by atoms with E-state index in [1.807, 2.05) is 18.2 Å². The molecule has 1 unspecified atom stereocenters. The molecule has 2 N–H and O–H groups in total. The molecule has 0 fully saturated rings. The van der Waals surface area contributed by atoms with E-state index in [-0.39, 0.29) is 5.91 Å². The first-order chi connectivity index (χ1) is 9.72. The SMILES string of the molecule is CCCCCCCC(O)c1ccc2c(c1)C(=O)NCC2. The van der Waals surface area contributed by atoms with E-state index in [0.29, 0.717) is 6.54 Å². The van der Waals surface area contributed by atoms with Crippen LogP contribution in [0.2, 0.25) is 0 Å². The van der Waals surface area contributed by atoms with Gasteiger partial charge in [-0.1, -0.05) is 51.2 Å². The van der Waals surface area contributed by atoms with Gasteiger partial charge in [0, 0.05) is 12.1 Å². The van der Waals surface area contributed by atoms with E-state index in [2.05, 4.69) is 12.2 Å². The molecule has 0 saturated carbocycles. The van der Waals surface area contributed by atoms with Crippen LogP contribution in [0.15, 0.2) is 18.2 Å². The molecule has 1 aromatic rings. The Kier molecular flexibility index (Phi) is 5.60. The van der Waals surface area contributed by atoms with Crippen molar-refractivity contribution in [3.05, 3.63) is 34.9 Å². The van der Waals surface area contributed by atoms with Crippen LogP contribution in [0.4, 0.5) is 0 Å². The minimum atomic E-state index is -0.448. The molecule has 0 radical (unpaired) electrons. The lowest BCUT2D eigenvalue weighted by atomic mass is 9.94. The average Bonchev–Trinajstić information content (AvgIpc) is 2.47. The number of hydrogen-bond donors (Lipinski definition) is 2. The lowest BCUT2D eigenvalue weighted by Crippen LogP contribution is -2.31. The van der Waals surface area contributed by atoms with Crippen molar-refractivity contribution in [3.63, 3.8) is 0 Å². The fourth-order valence-electron chi connectivity index (χ4n) is 2.74. The second-order valence-electron chi connectivity index (χ2n) is 5.64. The van der Waals surface area contributed by atoms with Gasteiger partial charge in [-0.2, -0.15) is 0 Å². The molecule has 0 aromatic heterocycles. The van der Waals surface area contributed by atoms with Crippen LogP contribution < -0.4 is 5.32 Å². The van der Waals surface area contributed by atoms with Crippen LogP contribution in [0.5, 0.6) is 0 Å². The highest BCUT2D eigenvalue weighted by molar-refractivity contribution is 5.96. The highest BCUT2D eigenvalue weighted by atomic mass is 16.3. The summed E-state index contributed by atoms with van der Waals surface area (Å²) in [4.78, 5) is 11.8. The fourth-order valence-corrected chi connectivity index (χ4v) is 2.74. The van der Waals surface area contributed by atoms with Crippen LogP contribution in [0.25, 0.3) is 0 Å². The molecule has 0 aliphatic carbocycles. The first-order valence-electron chi connectivity index (χ1n) is 7.81. The number of unbranched alkanes of at least 4 members (excludes halogenated alkanes) is 4. The quantitative estimate of drug-likeness (QED) is 0.750. The van der Waals surface area contributed by atoms with Gasteiger partial charge in [-0.05, 0) is 30.0 Å². The molecular weight excluding hydrogens is 250 g/mol. The van der Waals surface area contributed by atoms with Crippen LogP contribution >= 0.6 is 0 Å². The van der Waals surface area contributed by atoms with Gasteiger partial charge in [-0.25, -0.2) is 0 Å². The number of nitrogens with one attached hydrogen (secondary N) is 1. The van der Waals surface area contributed by atoms with Crippen LogP contribution in [0.3, 0.4) is 0 Å². The summed E-state index contributed by atoms with van der Waals surface area (Å²) in [5, 5.41) is 13.1. The van der Waals surface area contributed by atoms with Crippen molar-refractivity contribution in [1.29, 1.82) is 0 Å². The third-order valence-electron chi connectivity index (χ3n) is 4.02. The zero-order valence-corrected chi connectivity index (χ0v) is 12.3. The maximum atomic E-state index is 11.8. The molecule has 0 bridgehead atoms. The summed E-state index contributed by atoms with van der Waals surface area (Å²) < 4.78 is 0. The van der Waals surface area contributed by atoms with E-state index in [0.717, 1.165) is 36.0 Å². The highest BCUT2D eigenvalue weighted by Crippen LogP contribution is 2.24. The molecule has 0 spiro atoms. The first-order valence-corrected chi connectivity index (χ1v) is 7.81. The number of benzene rings is 1. The molecule has 1 atom stereocenters. The lowest BCUT2D eigenvalue weighted by molar-refractivity contribution is 0.0945. The van der Waals surface area contributed by atoms with Gasteiger partial charge in [-0.3, -0.25) is 4.79 Å². The Morgan fingerprint density at radius 3 is 2.85 bits per heavy atom. The Labute approximate surface area is 121 Å². The summed E-state index contributed by atoms with van der Waals surface area (Å²) in [6.45, 7) is 2.91. The first kappa shape index (κ1) is 15.0. The molecule has 2 rings (SSSR count). The summed E-state index contributed by atoms with van der Waals surface area (Å²) in [6.07, 6.45) is 7.20. The van der Waals surface area contributed by atoms with Crippen molar-refractivity contribution < 1.29 is 9.90 Å². The second-order valence-corrected chi connectivity index (χ2v) is 5.64. The van der Waals surface area contributed by atoms with Crippen molar-refractivity contribution in [2.24, 2.45) is 0 Å². The topological polar surface area (TPSA) is 49.3 Å². The standard InChI is InChI=1S/C17H25NO2/c1-2-3-4-5-6-7-16(19)14-9-8-13-10-11-18-17(20)15(13)12-14/h8-9,12,16,19H,2-7,10-11H2,1H3,(H,18,20). The zero-order chi connectivity index (χ0) is 14.4. The number of carbonyl (C=O) groups excluding carboxylic acids is 1. The lowest BCUT2D eigenvalue weighted by Gasteiger charge is -2.19. The van der Waals surface area contributed by atoms with Crippen molar-refractivity contribution in [2.75, 3.05) is 6.54 Å². The molecule has 1 aliphatic rings. The van der Waals surface area contributed by atoms with Crippen LogP contribution in [-0.4, -0.2) is 17.6 Å². The van der Waals surface area contributed by atoms with Gasteiger partial charge in [0.15, 0.2) is 0 Å². The molecular formula is C17H25NO2. The minimum absolute atomic E-state index is 0.0109. The molecule has 110 valence electrons. The van der Waals surface area contributed by atoms with E-state index in [1.54, 1.807) is 0 Å². The number of hydrogen-bond acceptors (Lipinski definition) is 2. The van der Waals surface area contributed by atoms with Gasteiger partial charge < -0.3 is 10.4 Å². The number of amides is 1. The monoisotopic (exact) mass is 275 g/mol. The molecule has 0 saturated heterocycles. The molecule has 3 heteroatoms. The van der Waals surface area contributed by atoms with Gasteiger partial charge in [0.2, 0.25) is 0 Å². The molecule has 1 aliphatic heterocycles. The molecule has 20 heavy (non-hydrogen) atoms. The summed E-state index contributed by atoms with van der Waals surface area (Å²) >= 11 is 0. The minimum Gasteiger partial charge on any atom is -0.388 e. The maximum Gasteiger partial charge on any atom is 0.251 e. The summed E-state index contributed by atoms with van der Waals surface area (Å²) in [7, 11) is 0. The zero-order valence-electron chi connectivity index (χ0n) is 12.3. The number of aliphatic hydroxyl groups excluding tert-OH is 1. The predicted octanol–water partition coefficient (Wildman–Crippen LogP) is 3.37. The summed E-state index contributed by atoms with van der Waals surface area (Å²) in [6, 6.07) is 5.82. The summed E-state index contributed by atoms with van der Waals surface area (Å²) in [5.41, 5.74) is 2.70. The molecule has 3 nitrogen and oxygen atoms in total. The van der Waals surface area contributed by atoms with Crippen molar-refractivity contribution in [3.8, 4) is 0 Å². The van der Waals surface area contributed by atoms with E-state index in [4.69, 9.17) is 0 Å². The smallest absolute Gasteiger partial charge is 0.251 e. The Morgan fingerprint density at radius 2 is 2.05 bits per heavy atom. The maximum absolute atomic E-state index is 11.8. The second kappa shape index (κ2) is 7.44. The van der Waals surface area contributed by atoms with E-state index in [9.17, 15) is 9.90 Å². The largest absolute Gasteiger partial charge is 0.388 e. The Bertz CT molecular complexity index is 456. The Balaban J connectivity index is 1.91. The fraction of sp³-hybridized carbons (Fsp3) is 0.588. The number of fused-ring (bicyclic) bond motifs is 1. The number of aliphatic hydroxyl groups is 1. The van der Waals surface area contributed by atoms with E-state index >= 15 is 0 Å². The van der Waals surface area contributed by atoms with Crippen molar-refractivity contribution in [1.82, 2.24) is 5.32 Å². The highest BCUT2D eigenvalue weighted by Gasteiger charge is 2.18. The molecule has 1 amide bonds. The third kappa shape index (κ3) is 3.83. The van der Waals surface area contributed by atoms with Crippen LogP contribution in [0, 0.1) is 0 Å². The number of carbonyl (C=O) groups is 1. The normalized spacial score (nSPS) is 15.6. The Hall–Kier alpha value is -1.35. The molecule has 1 aromatic carbocycles. The van der Waals surface area contributed by atoms with Gasteiger partial charge >= 0.3 is 0 Å².